The molecule has 0 spiro atoms. The fourth-order valence-corrected chi connectivity index (χ4v) is 4.66. The van der Waals surface area contributed by atoms with Crippen molar-refractivity contribution in [1.29, 1.82) is 0 Å². The van der Waals surface area contributed by atoms with E-state index in [1.807, 2.05) is 22.7 Å². The first-order valence-electron chi connectivity index (χ1n) is 6.96. The van der Waals surface area contributed by atoms with E-state index in [9.17, 15) is 0 Å². The molecule has 21 heavy (non-hydrogen) atoms. The van der Waals surface area contributed by atoms with Crippen LogP contribution in [0, 0.1) is 6.92 Å². The van der Waals surface area contributed by atoms with E-state index >= 15 is 0 Å². The molecule has 0 amide bonds. The Kier molecular flexibility index (Phi) is 4.85. The Hall–Kier alpha value is -1.01. The minimum absolute atomic E-state index is 0.274. The Labute approximate surface area is 137 Å². The van der Waals surface area contributed by atoms with Crippen LogP contribution in [0.1, 0.15) is 39.5 Å². The van der Waals surface area contributed by atoms with Crippen molar-refractivity contribution in [2.75, 3.05) is 0 Å². The van der Waals surface area contributed by atoms with Gasteiger partial charge in [0.1, 0.15) is 5.01 Å². The van der Waals surface area contributed by atoms with E-state index in [1.165, 1.54) is 14.8 Å². The third kappa shape index (κ3) is 3.80. The van der Waals surface area contributed by atoms with Gasteiger partial charge in [-0.3, -0.25) is 0 Å². The van der Waals surface area contributed by atoms with Gasteiger partial charge in [-0.1, -0.05) is 12.1 Å². The molecule has 0 radical (unpaired) electrons. The van der Waals surface area contributed by atoms with Crippen molar-refractivity contribution in [2.24, 2.45) is 0 Å². The van der Waals surface area contributed by atoms with Gasteiger partial charge in [0.05, 0.1) is 6.04 Å². The van der Waals surface area contributed by atoms with Crippen LogP contribution in [0.3, 0.4) is 0 Å². The summed E-state index contributed by atoms with van der Waals surface area (Å²) in [5, 5.41) is 11.3. The van der Waals surface area contributed by atoms with Gasteiger partial charge in [-0.05, 0) is 36.7 Å². The van der Waals surface area contributed by atoms with Crippen LogP contribution in [0.4, 0.5) is 0 Å². The summed E-state index contributed by atoms with van der Waals surface area (Å²) in [5.41, 5.74) is 1.11. The molecule has 0 fully saturated rings. The Morgan fingerprint density at radius 3 is 2.57 bits per heavy atom. The SMILES string of the molecule is Cc1csc(C(C)NC(Cc2cccs2)c2cccs2)n1. The first kappa shape index (κ1) is 14.9. The quantitative estimate of drug-likeness (QED) is 0.669. The summed E-state index contributed by atoms with van der Waals surface area (Å²) in [6.07, 6.45) is 1.03. The van der Waals surface area contributed by atoms with Gasteiger partial charge >= 0.3 is 0 Å². The molecule has 110 valence electrons. The molecule has 5 heteroatoms. The molecule has 0 aromatic carbocycles. The Balaban J connectivity index is 1.76. The van der Waals surface area contributed by atoms with Gasteiger partial charge in [0.15, 0.2) is 0 Å². The summed E-state index contributed by atoms with van der Waals surface area (Å²) in [5.74, 6) is 0. The first-order chi connectivity index (χ1) is 10.2. The van der Waals surface area contributed by atoms with E-state index in [-0.39, 0.29) is 6.04 Å². The summed E-state index contributed by atoms with van der Waals surface area (Å²) in [4.78, 5) is 7.42. The van der Waals surface area contributed by atoms with Gasteiger partial charge in [-0.15, -0.1) is 34.0 Å². The average Bonchev–Trinajstić information content (AvgIpc) is 3.20. The predicted octanol–water partition coefficient (Wildman–Crippen LogP) is 5.21. The van der Waals surface area contributed by atoms with Gasteiger partial charge in [-0.2, -0.15) is 0 Å². The fourth-order valence-electron chi connectivity index (χ4n) is 2.31. The largest absolute Gasteiger partial charge is 0.300 e. The lowest BCUT2D eigenvalue weighted by Gasteiger charge is -2.21. The molecule has 0 bridgehead atoms. The maximum atomic E-state index is 4.60. The highest BCUT2D eigenvalue weighted by Crippen LogP contribution is 2.28. The first-order valence-corrected chi connectivity index (χ1v) is 9.60. The second-order valence-corrected chi connectivity index (χ2v) is 7.97. The fraction of sp³-hybridized carbons (Fsp3) is 0.312. The normalized spacial score (nSPS) is 14.2. The predicted molar refractivity (Wildman–Crippen MR) is 93.5 cm³/mol. The van der Waals surface area contributed by atoms with Crippen LogP contribution in [-0.4, -0.2) is 4.98 Å². The number of thiazole rings is 1. The van der Waals surface area contributed by atoms with Crippen LogP contribution in [0.2, 0.25) is 0 Å². The topological polar surface area (TPSA) is 24.9 Å². The van der Waals surface area contributed by atoms with E-state index in [0.717, 1.165) is 12.1 Å². The van der Waals surface area contributed by atoms with E-state index in [2.05, 4.69) is 64.6 Å². The molecule has 0 aliphatic heterocycles. The smallest absolute Gasteiger partial charge is 0.110 e. The second kappa shape index (κ2) is 6.83. The summed E-state index contributed by atoms with van der Waals surface area (Å²) >= 11 is 5.38. The van der Waals surface area contributed by atoms with Crippen LogP contribution in [0.5, 0.6) is 0 Å². The van der Waals surface area contributed by atoms with Crippen molar-refractivity contribution in [3.8, 4) is 0 Å². The average molecular weight is 335 g/mol. The molecule has 0 aliphatic rings. The molecule has 2 atom stereocenters. The number of rotatable bonds is 6. The maximum absolute atomic E-state index is 4.60. The number of hydrogen-bond donors (Lipinski definition) is 1. The van der Waals surface area contributed by atoms with Gasteiger partial charge < -0.3 is 5.32 Å². The molecular formula is C16H18N2S3. The van der Waals surface area contributed by atoms with Crippen molar-refractivity contribution in [2.45, 2.75) is 32.4 Å². The zero-order valence-electron chi connectivity index (χ0n) is 12.1. The molecule has 0 aliphatic carbocycles. The Bertz CT molecular complexity index is 656. The van der Waals surface area contributed by atoms with Gasteiger partial charge in [0.2, 0.25) is 0 Å². The number of aryl methyl sites for hydroxylation is 1. The highest BCUT2D eigenvalue weighted by Gasteiger charge is 2.19. The van der Waals surface area contributed by atoms with Crippen LogP contribution in [0.15, 0.2) is 40.4 Å². The van der Waals surface area contributed by atoms with Crippen molar-refractivity contribution in [1.82, 2.24) is 10.3 Å². The summed E-state index contributed by atoms with van der Waals surface area (Å²) < 4.78 is 0. The van der Waals surface area contributed by atoms with Crippen molar-refractivity contribution >= 4 is 34.0 Å². The molecule has 1 N–H and O–H groups in total. The lowest BCUT2D eigenvalue weighted by atomic mass is 10.1. The Morgan fingerprint density at radius 2 is 1.95 bits per heavy atom. The van der Waals surface area contributed by atoms with Crippen LogP contribution in [-0.2, 0) is 6.42 Å². The van der Waals surface area contributed by atoms with Gasteiger partial charge in [0.25, 0.3) is 0 Å². The van der Waals surface area contributed by atoms with E-state index in [4.69, 9.17) is 0 Å². The van der Waals surface area contributed by atoms with Crippen LogP contribution >= 0.6 is 34.0 Å². The molecular weight excluding hydrogens is 316 g/mol. The molecule has 2 unspecified atom stereocenters. The van der Waals surface area contributed by atoms with E-state index in [0.29, 0.717) is 6.04 Å². The van der Waals surface area contributed by atoms with Crippen molar-refractivity contribution in [3.05, 3.63) is 60.9 Å². The van der Waals surface area contributed by atoms with Gasteiger partial charge in [-0.25, -0.2) is 4.98 Å². The number of hydrogen-bond acceptors (Lipinski definition) is 5. The molecule has 3 aromatic heterocycles. The van der Waals surface area contributed by atoms with E-state index in [1.54, 1.807) is 11.3 Å². The number of aromatic nitrogens is 1. The molecule has 3 rings (SSSR count). The van der Waals surface area contributed by atoms with Crippen LogP contribution in [0.25, 0.3) is 0 Å². The maximum Gasteiger partial charge on any atom is 0.110 e. The number of nitrogens with one attached hydrogen (secondary N) is 1. The molecule has 3 aromatic rings. The lowest BCUT2D eigenvalue weighted by molar-refractivity contribution is 0.470. The third-order valence-corrected chi connectivity index (χ3v) is 6.36. The molecule has 2 nitrogen and oxygen atoms in total. The monoisotopic (exact) mass is 334 g/mol. The summed E-state index contributed by atoms with van der Waals surface area (Å²) in [7, 11) is 0. The summed E-state index contributed by atoms with van der Waals surface area (Å²) in [6, 6.07) is 9.31. The number of nitrogens with zero attached hydrogens (tertiary/aromatic N) is 1. The van der Waals surface area contributed by atoms with E-state index < -0.39 is 0 Å². The molecule has 0 saturated heterocycles. The summed E-state index contributed by atoms with van der Waals surface area (Å²) in [6.45, 7) is 4.25. The minimum atomic E-state index is 0.274. The highest BCUT2D eigenvalue weighted by atomic mass is 32.1. The Morgan fingerprint density at radius 1 is 1.14 bits per heavy atom. The third-order valence-electron chi connectivity index (χ3n) is 3.33. The molecule has 3 heterocycles. The lowest BCUT2D eigenvalue weighted by Crippen LogP contribution is -2.25. The van der Waals surface area contributed by atoms with Crippen molar-refractivity contribution in [3.63, 3.8) is 0 Å². The number of thiophene rings is 2. The minimum Gasteiger partial charge on any atom is -0.300 e. The zero-order valence-corrected chi connectivity index (χ0v) is 14.5. The zero-order chi connectivity index (χ0) is 14.7. The second-order valence-electron chi connectivity index (χ2n) is 5.07. The highest BCUT2D eigenvalue weighted by molar-refractivity contribution is 7.10. The van der Waals surface area contributed by atoms with Crippen LogP contribution < -0.4 is 5.32 Å². The molecule has 0 saturated carbocycles. The van der Waals surface area contributed by atoms with Gasteiger partial charge in [0, 0.05) is 33.3 Å². The van der Waals surface area contributed by atoms with Crippen molar-refractivity contribution < 1.29 is 0 Å². The standard InChI is InChI=1S/C16H18N2S3/c1-11-10-21-16(17-11)12(2)18-14(15-6-4-8-20-15)9-13-5-3-7-19-13/h3-8,10,12,14,18H,9H2,1-2H3.